The molecule has 0 atom stereocenters. The number of hydrogen-bond donors (Lipinski definition) is 3. The SMILES string of the molecule is Nc1ccccc1NCC1(CO)CCCCC1. The van der Waals surface area contributed by atoms with Gasteiger partial charge in [0.05, 0.1) is 18.0 Å². The van der Waals surface area contributed by atoms with E-state index in [0.29, 0.717) is 0 Å². The van der Waals surface area contributed by atoms with Crippen molar-refractivity contribution in [1.82, 2.24) is 0 Å². The lowest BCUT2D eigenvalue weighted by atomic mass is 9.74. The molecule has 17 heavy (non-hydrogen) atoms. The summed E-state index contributed by atoms with van der Waals surface area (Å²) in [5.74, 6) is 0. The molecule has 0 unspecified atom stereocenters. The number of nitrogens with one attached hydrogen (secondary N) is 1. The highest BCUT2D eigenvalue weighted by atomic mass is 16.3. The first-order valence-corrected chi connectivity index (χ1v) is 6.45. The summed E-state index contributed by atoms with van der Waals surface area (Å²) in [6.07, 6.45) is 5.99. The highest BCUT2D eigenvalue weighted by molar-refractivity contribution is 5.65. The molecule has 0 radical (unpaired) electrons. The Morgan fingerprint density at radius 2 is 1.88 bits per heavy atom. The van der Waals surface area contributed by atoms with Crippen LogP contribution in [-0.2, 0) is 0 Å². The Kier molecular flexibility index (Phi) is 3.89. The first-order valence-electron chi connectivity index (χ1n) is 6.45. The molecule has 0 bridgehead atoms. The van der Waals surface area contributed by atoms with Crippen molar-refractivity contribution in [2.45, 2.75) is 32.1 Å². The van der Waals surface area contributed by atoms with Gasteiger partial charge in [-0.2, -0.15) is 0 Å². The molecule has 1 saturated carbocycles. The third-order valence-electron chi connectivity index (χ3n) is 3.86. The van der Waals surface area contributed by atoms with Crippen LogP contribution in [0, 0.1) is 5.41 Å². The van der Waals surface area contributed by atoms with Crippen LogP contribution in [0.1, 0.15) is 32.1 Å². The summed E-state index contributed by atoms with van der Waals surface area (Å²) in [6, 6.07) is 7.80. The average Bonchev–Trinajstić information content (AvgIpc) is 2.39. The van der Waals surface area contributed by atoms with Crippen molar-refractivity contribution in [1.29, 1.82) is 0 Å². The van der Waals surface area contributed by atoms with E-state index in [1.807, 2.05) is 24.3 Å². The first kappa shape index (κ1) is 12.2. The van der Waals surface area contributed by atoms with Gasteiger partial charge in [0.25, 0.3) is 0 Å². The quantitative estimate of drug-likeness (QED) is 0.702. The van der Waals surface area contributed by atoms with Crippen LogP contribution < -0.4 is 11.1 Å². The molecule has 0 saturated heterocycles. The molecule has 0 heterocycles. The second-order valence-corrected chi connectivity index (χ2v) is 5.16. The van der Waals surface area contributed by atoms with Gasteiger partial charge in [0.1, 0.15) is 0 Å². The van der Waals surface area contributed by atoms with E-state index in [2.05, 4.69) is 5.32 Å². The number of aliphatic hydroxyl groups is 1. The van der Waals surface area contributed by atoms with E-state index in [0.717, 1.165) is 30.8 Å². The van der Waals surface area contributed by atoms with E-state index >= 15 is 0 Å². The fraction of sp³-hybridized carbons (Fsp3) is 0.571. The minimum absolute atomic E-state index is 0.0561. The Bertz CT molecular complexity index is 359. The molecule has 1 aliphatic carbocycles. The van der Waals surface area contributed by atoms with Gasteiger partial charge in [0.2, 0.25) is 0 Å². The molecule has 1 aromatic carbocycles. The largest absolute Gasteiger partial charge is 0.397 e. The average molecular weight is 234 g/mol. The molecule has 0 aromatic heterocycles. The third kappa shape index (κ3) is 2.91. The molecule has 3 heteroatoms. The van der Waals surface area contributed by atoms with Gasteiger partial charge in [-0.1, -0.05) is 31.4 Å². The minimum atomic E-state index is 0.0561. The molecule has 3 nitrogen and oxygen atoms in total. The van der Waals surface area contributed by atoms with Crippen LogP contribution in [0.25, 0.3) is 0 Å². The molecule has 94 valence electrons. The van der Waals surface area contributed by atoms with Crippen molar-refractivity contribution in [3.63, 3.8) is 0 Å². The lowest BCUT2D eigenvalue weighted by molar-refractivity contribution is 0.0944. The normalized spacial score (nSPS) is 18.9. The van der Waals surface area contributed by atoms with Crippen LogP contribution in [0.3, 0.4) is 0 Å². The summed E-state index contributed by atoms with van der Waals surface area (Å²) in [5, 5.41) is 13.0. The Morgan fingerprint density at radius 1 is 1.18 bits per heavy atom. The van der Waals surface area contributed by atoms with Gasteiger partial charge >= 0.3 is 0 Å². The third-order valence-corrected chi connectivity index (χ3v) is 3.86. The van der Waals surface area contributed by atoms with E-state index in [1.165, 1.54) is 19.3 Å². The van der Waals surface area contributed by atoms with Crippen molar-refractivity contribution in [2.24, 2.45) is 5.41 Å². The second-order valence-electron chi connectivity index (χ2n) is 5.16. The van der Waals surface area contributed by atoms with E-state index < -0.39 is 0 Å². The lowest BCUT2D eigenvalue weighted by Crippen LogP contribution is -2.35. The standard InChI is InChI=1S/C14H22N2O/c15-12-6-2-3-7-13(12)16-10-14(11-17)8-4-1-5-9-14/h2-3,6-7,16-17H,1,4-5,8-11,15H2. The number of benzene rings is 1. The Morgan fingerprint density at radius 3 is 2.53 bits per heavy atom. The predicted molar refractivity (Wildman–Crippen MR) is 71.9 cm³/mol. The summed E-state index contributed by atoms with van der Waals surface area (Å²) in [6.45, 7) is 1.09. The number of para-hydroxylation sites is 2. The van der Waals surface area contributed by atoms with Crippen molar-refractivity contribution in [3.8, 4) is 0 Å². The van der Waals surface area contributed by atoms with Gasteiger partial charge in [-0.05, 0) is 25.0 Å². The number of hydrogen-bond acceptors (Lipinski definition) is 3. The van der Waals surface area contributed by atoms with Crippen molar-refractivity contribution in [2.75, 3.05) is 24.2 Å². The fourth-order valence-electron chi connectivity index (χ4n) is 2.63. The molecular weight excluding hydrogens is 212 g/mol. The summed E-state index contributed by atoms with van der Waals surface area (Å²) >= 11 is 0. The molecule has 2 rings (SSSR count). The Labute approximate surface area is 103 Å². The maximum atomic E-state index is 9.62. The minimum Gasteiger partial charge on any atom is -0.397 e. The molecule has 1 aromatic rings. The predicted octanol–water partition coefficient (Wildman–Crippen LogP) is 2.62. The fourth-order valence-corrected chi connectivity index (χ4v) is 2.63. The summed E-state index contributed by atoms with van der Waals surface area (Å²) in [4.78, 5) is 0. The highest BCUT2D eigenvalue weighted by Crippen LogP contribution is 2.36. The summed E-state index contributed by atoms with van der Waals surface area (Å²) < 4.78 is 0. The summed E-state index contributed by atoms with van der Waals surface area (Å²) in [7, 11) is 0. The van der Waals surface area contributed by atoms with Gasteiger partial charge < -0.3 is 16.2 Å². The molecule has 1 aliphatic rings. The van der Waals surface area contributed by atoms with Crippen LogP contribution in [0.4, 0.5) is 11.4 Å². The van der Waals surface area contributed by atoms with Crippen LogP contribution >= 0.6 is 0 Å². The van der Waals surface area contributed by atoms with Crippen LogP contribution in [0.2, 0.25) is 0 Å². The molecular formula is C14H22N2O. The number of rotatable bonds is 4. The van der Waals surface area contributed by atoms with E-state index in [1.54, 1.807) is 0 Å². The molecule has 0 amide bonds. The zero-order chi connectivity index (χ0) is 12.1. The number of nitrogen functional groups attached to an aromatic ring is 1. The van der Waals surface area contributed by atoms with Crippen molar-refractivity contribution >= 4 is 11.4 Å². The van der Waals surface area contributed by atoms with Crippen molar-refractivity contribution in [3.05, 3.63) is 24.3 Å². The maximum Gasteiger partial charge on any atom is 0.0574 e. The Balaban J connectivity index is 1.98. The van der Waals surface area contributed by atoms with Crippen LogP contribution in [-0.4, -0.2) is 18.3 Å². The number of anilines is 2. The van der Waals surface area contributed by atoms with Gasteiger partial charge in [0, 0.05) is 12.0 Å². The van der Waals surface area contributed by atoms with Crippen LogP contribution in [0.5, 0.6) is 0 Å². The maximum absolute atomic E-state index is 9.62. The molecule has 0 spiro atoms. The smallest absolute Gasteiger partial charge is 0.0574 e. The number of nitrogens with two attached hydrogens (primary N) is 1. The topological polar surface area (TPSA) is 58.3 Å². The lowest BCUT2D eigenvalue weighted by Gasteiger charge is -2.36. The number of aliphatic hydroxyl groups excluding tert-OH is 1. The van der Waals surface area contributed by atoms with Gasteiger partial charge in [0.15, 0.2) is 0 Å². The zero-order valence-electron chi connectivity index (χ0n) is 10.3. The molecule has 4 N–H and O–H groups in total. The van der Waals surface area contributed by atoms with Gasteiger partial charge in [-0.3, -0.25) is 0 Å². The van der Waals surface area contributed by atoms with Gasteiger partial charge in [-0.25, -0.2) is 0 Å². The van der Waals surface area contributed by atoms with Gasteiger partial charge in [-0.15, -0.1) is 0 Å². The summed E-state index contributed by atoms with van der Waals surface area (Å²) in [5.41, 5.74) is 7.70. The van der Waals surface area contributed by atoms with Crippen molar-refractivity contribution < 1.29 is 5.11 Å². The van der Waals surface area contributed by atoms with E-state index in [9.17, 15) is 5.11 Å². The monoisotopic (exact) mass is 234 g/mol. The first-order chi connectivity index (χ1) is 8.26. The zero-order valence-corrected chi connectivity index (χ0v) is 10.3. The molecule has 0 aliphatic heterocycles. The Hall–Kier alpha value is -1.22. The highest BCUT2D eigenvalue weighted by Gasteiger charge is 2.31. The van der Waals surface area contributed by atoms with Crippen LogP contribution in [0.15, 0.2) is 24.3 Å². The molecule has 1 fully saturated rings. The second kappa shape index (κ2) is 5.41. The van der Waals surface area contributed by atoms with E-state index in [4.69, 9.17) is 5.73 Å². The van der Waals surface area contributed by atoms with E-state index in [-0.39, 0.29) is 12.0 Å².